The Kier molecular flexibility index (Phi) is 4.96. The summed E-state index contributed by atoms with van der Waals surface area (Å²) in [7, 11) is 0. The molecule has 0 aliphatic carbocycles. The van der Waals surface area contributed by atoms with E-state index in [2.05, 4.69) is 30.9 Å². The predicted octanol–water partition coefficient (Wildman–Crippen LogP) is 3.55. The highest BCUT2D eigenvalue weighted by Gasteiger charge is 2.24. The molecule has 0 spiro atoms. The second kappa shape index (κ2) is 6.71. The monoisotopic (exact) mass is 273 g/mol. The van der Waals surface area contributed by atoms with Crippen LogP contribution in [0.2, 0.25) is 0 Å². The number of carboxylic acids is 1. The van der Waals surface area contributed by atoms with Crippen molar-refractivity contribution in [2.75, 3.05) is 0 Å². The van der Waals surface area contributed by atoms with Gasteiger partial charge >= 0.3 is 5.97 Å². The van der Waals surface area contributed by atoms with E-state index >= 15 is 0 Å². The molecule has 3 heteroatoms. The van der Waals surface area contributed by atoms with Crippen LogP contribution in [0.3, 0.4) is 0 Å². The zero-order chi connectivity index (χ0) is 14.5. The summed E-state index contributed by atoms with van der Waals surface area (Å²) in [4.78, 5) is 13.0. The number of carboxylic acid groups (broad SMARTS) is 1. The van der Waals surface area contributed by atoms with Gasteiger partial charge in [-0.05, 0) is 43.9 Å². The van der Waals surface area contributed by atoms with E-state index in [4.69, 9.17) is 5.11 Å². The van der Waals surface area contributed by atoms with Crippen molar-refractivity contribution in [3.8, 4) is 0 Å². The van der Waals surface area contributed by atoms with E-state index in [1.165, 1.54) is 30.9 Å². The molecule has 3 nitrogen and oxygen atoms in total. The molecule has 1 aromatic carbocycles. The average molecular weight is 273 g/mol. The Hall–Kier alpha value is -1.61. The van der Waals surface area contributed by atoms with Gasteiger partial charge in [-0.25, -0.2) is 4.79 Å². The number of hydrogen-bond acceptors (Lipinski definition) is 2. The molecule has 2 rings (SSSR count). The third kappa shape index (κ3) is 3.94. The van der Waals surface area contributed by atoms with Crippen LogP contribution in [0, 0.1) is 0 Å². The van der Waals surface area contributed by atoms with E-state index in [0.29, 0.717) is 12.1 Å². The largest absolute Gasteiger partial charge is 0.478 e. The van der Waals surface area contributed by atoms with Crippen molar-refractivity contribution in [2.45, 2.75) is 51.7 Å². The summed E-state index contributed by atoms with van der Waals surface area (Å²) in [5.41, 5.74) is 2.22. The Bertz CT molecular complexity index is 468. The molecule has 1 fully saturated rings. The van der Waals surface area contributed by atoms with Crippen LogP contribution in [0.15, 0.2) is 30.3 Å². The van der Waals surface area contributed by atoms with Gasteiger partial charge in [-0.3, -0.25) is 4.90 Å². The number of rotatable bonds is 4. The Balaban J connectivity index is 2.01. The summed E-state index contributed by atoms with van der Waals surface area (Å²) in [6.07, 6.45) is 6.69. The lowest BCUT2D eigenvalue weighted by atomic mass is 9.96. The van der Waals surface area contributed by atoms with Gasteiger partial charge in [-0.2, -0.15) is 0 Å². The summed E-state index contributed by atoms with van der Waals surface area (Å²) in [5.74, 6) is -0.912. The number of hydrogen-bond donors (Lipinski definition) is 1. The maximum absolute atomic E-state index is 10.5. The fraction of sp³-hybridized carbons (Fsp3) is 0.471. The second-order valence-corrected chi connectivity index (χ2v) is 5.71. The van der Waals surface area contributed by atoms with Gasteiger partial charge in [0.2, 0.25) is 0 Å². The minimum atomic E-state index is -0.912. The van der Waals surface area contributed by atoms with Crippen molar-refractivity contribution in [1.82, 2.24) is 4.90 Å². The third-order valence-electron chi connectivity index (χ3n) is 4.14. The number of piperidine rings is 1. The smallest absolute Gasteiger partial charge is 0.328 e. The normalized spacial score (nSPS) is 24.1. The van der Waals surface area contributed by atoms with Gasteiger partial charge in [-0.15, -0.1) is 0 Å². The molecule has 0 saturated carbocycles. The van der Waals surface area contributed by atoms with Gasteiger partial charge in [0, 0.05) is 24.7 Å². The van der Waals surface area contributed by atoms with Gasteiger partial charge in [0.05, 0.1) is 0 Å². The number of benzene rings is 1. The van der Waals surface area contributed by atoms with Gasteiger partial charge < -0.3 is 5.11 Å². The summed E-state index contributed by atoms with van der Waals surface area (Å²) in [6.45, 7) is 5.59. The number of aliphatic carboxylic acids is 1. The Labute approximate surface area is 120 Å². The summed E-state index contributed by atoms with van der Waals surface area (Å²) >= 11 is 0. The highest BCUT2D eigenvalue weighted by Crippen LogP contribution is 2.24. The van der Waals surface area contributed by atoms with Crippen molar-refractivity contribution in [3.05, 3.63) is 41.5 Å². The van der Waals surface area contributed by atoms with Gasteiger partial charge in [-0.1, -0.05) is 30.7 Å². The first-order valence-electron chi connectivity index (χ1n) is 7.32. The van der Waals surface area contributed by atoms with Crippen LogP contribution < -0.4 is 0 Å². The molecule has 0 aromatic heterocycles. The zero-order valence-corrected chi connectivity index (χ0v) is 12.2. The van der Waals surface area contributed by atoms with Crippen molar-refractivity contribution in [1.29, 1.82) is 0 Å². The third-order valence-corrected chi connectivity index (χ3v) is 4.14. The van der Waals surface area contributed by atoms with Crippen molar-refractivity contribution >= 4 is 12.0 Å². The number of nitrogens with zero attached hydrogens (tertiary/aromatic N) is 1. The Morgan fingerprint density at radius 2 is 1.85 bits per heavy atom. The molecule has 0 radical (unpaired) electrons. The molecule has 108 valence electrons. The van der Waals surface area contributed by atoms with Gasteiger partial charge in [0.25, 0.3) is 0 Å². The molecule has 1 aliphatic rings. The molecule has 1 aliphatic heterocycles. The molecular formula is C17H23NO2. The van der Waals surface area contributed by atoms with Gasteiger partial charge in [0.15, 0.2) is 0 Å². The Morgan fingerprint density at radius 1 is 1.25 bits per heavy atom. The Morgan fingerprint density at radius 3 is 2.40 bits per heavy atom. The van der Waals surface area contributed by atoms with Crippen LogP contribution in [-0.4, -0.2) is 28.1 Å². The topological polar surface area (TPSA) is 40.5 Å². The summed E-state index contributed by atoms with van der Waals surface area (Å²) in [5, 5.41) is 8.61. The first kappa shape index (κ1) is 14.8. The lowest BCUT2D eigenvalue weighted by Crippen LogP contribution is -2.42. The molecule has 0 amide bonds. The molecule has 2 unspecified atom stereocenters. The molecule has 20 heavy (non-hydrogen) atoms. The molecule has 0 bridgehead atoms. The summed E-state index contributed by atoms with van der Waals surface area (Å²) in [6, 6.07) is 9.43. The number of carbonyl (C=O) groups is 1. The number of likely N-dealkylation sites (tertiary alicyclic amines) is 1. The highest BCUT2D eigenvalue weighted by atomic mass is 16.4. The van der Waals surface area contributed by atoms with E-state index in [9.17, 15) is 4.79 Å². The van der Waals surface area contributed by atoms with Crippen LogP contribution in [0.5, 0.6) is 0 Å². The fourth-order valence-electron chi connectivity index (χ4n) is 2.90. The van der Waals surface area contributed by atoms with E-state index in [0.717, 1.165) is 12.1 Å². The highest BCUT2D eigenvalue weighted by molar-refractivity contribution is 5.85. The SMILES string of the molecule is CC1CCCC(C)N1Cc1ccc(C=CC(=O)O)cc1. The quantitative estimate of drug-likeness (QED) is 0.853. The minimum Gasteiger partial charge on any atom is -0.478 e. The van der Waals surface area contributed by atoms with Crippen LogP contribution >= 0.6 is 0 Å². The van der Waals surface area contributed by atoms with Crippen LogP contribution in [0.4, 0.5) is 0 Å². The second-order valence-electron chi connectivity index (χ2n) is 5.71. The van der Waals surface area contributed by atoms with Gasteiger partial charge in [0.1, 0.15) is 0 Å². The van der Waals surface area contributed by atoms with Crippen molar-refractivity contribution in [3.63, 3.8) is 0 Å². The fourth-order valence-corrected chi connectivity index (χ4v) is 2.90. The van der Waals surface area contributed by atoms with E-state index < -0.39 is 5.97 Å². The molecule has 1 N–H and O–H groups in total. The first-order valence-corrected chi connectivity index (χ1v) is 7.32. The van der Waals surface area contributed by atoms with Crippen LogP contribution in [0.1, 0.15) is 44.2 Å². The molecule has 2 atom stereocenters. The minimum absolute atomic E-state index is 0.644. The van der Waals surface area contributed by atoms with E-state index in [1.807, 2.05) is 12.1 Å². The zero-order valence-electron chi connectivity index (χ0n) is 12.2. The molecule has 1 aromatic rings. The van der Waals surface area contributed by atoms with Crippen molar-refractivity contribution in [2.24, 2.45) is 0 Å². The van der Waals surface area contributed by atoms with Crippen molar-refractivity contribution < 1.29 is 9.90 Å². The van der Waals surface area contributed by atoms with Crippen LogP contribution in [0.25, 0.3) is 6.08 Å². The predicted molar refractivity (Wildman–Crippen MR) is 81.4 cm³/mol. The maximum Gasteiger partial charge on any atom is 0.328 e. The summed E-state index contributed by atoms with van der Waals surface area (Å²) < 4.78 is 0. The first-order chi connectivity index (χ1) is 9.56. The average Bonchev–Trinajstić information content (AvgIpc) is 2.42. The lowest BCUT2D eigenvalue weighted by molar-refractivity contribution is -0.131. The maximum atomic E-state index is 10.5. The molecular weight excluding hydrogens is 250 g/mol. The standard InChI is InChI=1S/C17H23NO2/c1-13-4-3-5-14(2)18(13)12-16-8-6-15(7-9-16)10-11-17(19)20/h6-11,13-14H,3-5,12H2,1-2H3,(H,19,20). The molecule has 1 saturated heterocycles. The van der Waals surface area contributed by atoms with E-state index in [-0.39, 0.29) is 0 Å². The van der Waals surface area contributed by atoms with E-state index in [1.54, 1.807) is 6.08 Å². The molecule has 1 heterocycles. The van der Waals surface area contributed by atoms with Crippen LogP contribution in [-0.2, 0) is 11.3 Å². The lowest BCUT2D eigenvalue weighted by Gasteiger charge is -2.39.